The third-order valence-electron chi connectivity index (χ3n) is 3.27. The van der Waals surface area contributed by atoms with Gasteiger partial charge in [-0.25, -0.2) is 9.97 Å². The summed E-state index contributed by atoms with van der Waals surface area (Å²) in [6.07, 6.45) is 2.45. The summed E-state index contributed by atoms with van der Waals surface area (Å²) in [4.78, 5) is 24.4. The molecule has 1 aromatic rings. The van der Waals surface area contributed by atoms with Crippen LogP contribution in [0.25, 0.3) is 0 Å². The van der Waals surface area contributed by atoms with Gasteiger partial charge in [0.15, 0.2) is 0 Å². The Morgan fingerprint density at radius 1 is 1.38 bits per heavy atom. The number of carbonyl (C=O) groups excluding carboxylic acids is 1. The van der Waals surface area contributed by atoms with Crippen LogP contribution in [0.2, 0.25) is 0 Å². The molecule has 1 saturated heterocycles. The zero-order valence-electron chi connectivity index (χ0n) is 12.7. The van der Waals surface area contributed by atoms with Gasteiger partial charge in [-0.1, -0.05) is 0 Å². The molecular formula is C14H23N5O2. The Bertz CT molecular complexity index is 460. The molecule has 2 heterocycles. The molecule has 1 aliphatic rings. The molecule has 0 spiro atoms. The van der Waals surface area contributed by atoms with Crippen LogP contribution in [-0.4, -0.2) is 79.2 Å². The Morgan fingerprint density at radius 3 is 2.86 bits per heavy atom. The zero-order valence-corrected chi connectivity index (χ0v) is 12.7. The van der Waals surface area contributed by atoms with Crippen molar-refractivity contribution in [1.82, 2.24) is 19.8 Å². The number of amides is 1. The van der Waals surface area contributed by atoms with Crippen molar-refractivity contribution in [2.45, 2.75) is 6.42 Å². The fourth-order valence-corrected chi connectivity index (χ4v) is 2.11. The molecule has 1 aromatic heterocycles. The van der Waals surface area contributed by atoms with Crippen molar-refractivity contribution >= 4 is 11.7 Å². The molecule has 21 heavy (non-hydrogen) atoms. The number of nitrogens with one attached hydrogen (secondary N) is 1. The van der Waals surface area contributed by atoms with E-state index in [0.717, 1.165) is 19.5 Å². The second kappa shape index (κ2) is 7.90. The third-order valence-corrected chi connectivity index (χ3v) is 3.27. The number of anilines is 1. The Balaban J connectivity index is 1.89. The first kappa shape index (κ1) is 15.7. The van der Waals surface area contributed by atoms with Gasteiger partial charge >= 0.3 is 0 Å². The zero-order chi connectivity index (χ0) is 15.1. The van der Waals surface area contributed by atoms with Crippen LogP contribution in [-0.2, 0) is 4.74 Å². The summed E-state index contributed by atoms with van der Waals surface area (Å²) in [7, 11) is 4.09. The lowest BCUT2D eigenvalue weighted by atomic mass is 10.3. The smallest absolute Gasteiger partial charge is 0.272 e. The molecule has 0 saturated carbocycles. The number of carbonyl (C=O) groups is 1. The van der Waals surface area contributed by atoms with Crippen molar-refractivity contribution in [3.63, 3.8) is 0 Å². The van der Waals surface area contributed by atoms with Gasteiger partial charge in [0.25, 0.3) is 5.91 Å². The molecule has 0 aromatic carbocycles. The first-order valence-electron chi connectivity index (χ1n) is 7.24. The fraction of sp³-hybridized carbons (Fsp3) is 0.643. The largest absolute Gasteiger partial charge is 0.378 e. The van der Waals surface area contributed by atoms with E-state index in [1.54, 1.807) is 11.0 Å². The molecule has 1 aliphatic heterocycles. The van der Waals surface area contributed by atoms with Crippen molar-refractivity contribution in [2.24, 2.45) is 0 Å². The number of nitrogens with zero attached hydrogens (tertiary/aromatic N) is 4. The minimum Gasteiger partial charge on any atom is -0.378 e. The van der Waals surface area contributed by atoms with Gasteiger partial charge in [-0.3, -0.25) is 4.79 Å². The molecule has 7 nitrogen and oxygen atoms in total. The van der Waals surface area contributed by atoms with Crippen molar-refractivity contribution < 1.29 is 9.53 Å². The normalized spacial score (nSPS) is 15.3. The fourth-order valence-electron chi connectivity index (χ4n) is 2.11. The Labute approximate surface area is 125 Å². The van der Waals surface area contributed by atoms with Crippen LogP contribution in [0, 0.1) is 0 Å². The van der Waals surface area contributed by atoms with Gasteiger partial charge in [-0.15, -0.1) is 0 Å². The van der Waals surface area contributed by atoms with E-state index in [2.05, 4.69) is 20.2 Å². The second-order valence-electron chi connectivity index (χ2n) is 5.28. The summed E-state index contributed by atoms with van der Waals surface area (Å²) in [6.45, 7) is 4.25. The summed E-state index contributed by atoms with van der Waals surface area (Å²) in [5, 5.41) is 3.22. The van der Waals surface area contributed by atoms with Crippen LogP contribution in [0.3, 0.4) is 0 Å². The van der Waals surface area contributed by atoms with Crippen molar-refractivity contribution in [1.29, 1.82) is 0 Å². The Kier molecular flexibility index (Phi) is 5.89. The van der Waals surface area contributed by atoms with Gasteiger partial charge in [0.05, 0.1) is 13.2 Å². The second-order valence-corrected chi connectivity index (χ2v) is 5.28. The number of rotatable bonds is 6. The molecule has 0 atom stereocenters. The molecule has 7 heteroatoms. The van der Waals surface area contributed by atoms with Crippen LogP contribution in [0.5, 0.6) is 0 Å². The van der Waals surface area contributed by atoms with Gasteiger partial charge in [0, 0.05) is 25.7 Å². The predicted molar refractivity (Wildman–Crippen MR) is 80.4 cm³/mol. The lowest BCUT2D eigenvalue weighted by Crippen LogP contribution is -2.41. The maximum absolute atomic E-state index is 12.3. The number of hydrogen-bond acceptors (Lipinski definition) is 6. The van der Waals surface area contributed by atoms with Crippen LogP contribution in [0.4, 0.5) is 5.82 Å². The summed E-state index contributed by atoms with van der Waals surface area (Å²) in [5.74, 6) is 0.636. The van der Waals surface area contributed by atoms with E-state index in [1.807, 2.05) is 14.1 Å². The topological polar surface area (TPSA) is 70.6 Å². The molecule has 116 valence electrons. The molecule has 2 rings (SSSR count). The lowest BCUT2D eigenvalue weighted by Gasteiger charge is -2.26. The highest BCUT2D eigenvalue weighted by molar-refractivity contribution is 5.92. The van der Waals surface area contributed by atoms with E-state index >= 15 is 0 Å². The summed E-state index contributed by atoms with van der Waals surface area (Å²) in [5.41, 5.74) is 0.432. The maximum atomic E-state index is 12.3. The van der Waals surface area contributed by atoms with Gasteiger partial charge in [0.1, 0.15) is 17.8 Å². The Morgan fingerprint density at radius 2 is 2.14 bits per heavy atom. The third kappa shape index (κ3) is 4.95. The number of hydrogen-bond donors (Lipinski definition) is 1. The number of ether oxygens (including phenoxy) is 1. The molecule has 0 aliphatic carbocycles. The average molecular weight is 293 g/mol. The SMILES string of the molecule is CN(C)CCCNc1cc(C(=O)N2CCOCC2)ncn1. The predicted octanol–water partition coefficient (Wildman–Crippen LogP) is 0.313. The summed E-state index contributed by atoms with van der Waals surface area (Å²) >= 11 is 0. The van der Waals surface area contributed by atoms with Gasteiger partial charge in [-0.2, -0.15) is 0 Å². The minimum atomic E-state index is -0.0583. The lowest BCUT2D eigenvalue weighted by molar-refractivity contribution is 0.0299. The van der Waals surface area contributed by atoms with E-state index in [0.29, 0.717) is 37.8 Å². The monoisotopic (exact) mass is 293 g/mol. The van der Waals surface area contributed by atoms with Gasteiger partial charge in [0.2, 0.25) is 0 Å². The minimum absolute atomic E-state index is 0.0583. The van der Waals surface area contributed by atoms with Crippen LogP contribution in [0.15, 0.2) is 12.4 Å². The maximum Gasteiger partial charge on any atom is 0.272 e. The first-order valence-corrected chi connectivity index (χ1v) is 7.24. The first-order chi connectivity index (χ1) is 10.2. The molecule has 1 N–H and O–H groups in total. The van der Waals surface area contributed by atoms with Gasteiger partial charge < -0.3 is 19.9 Å². The quantitative estimate of drug-likeness (QED) is 0.761. The number of morpholine rings is 1. The standard InChI is InChI=1S/C14H23N5O2/c1-18(2)5-3-4-15-13-10-12(16-11-17-13)14(20)19-6-8-21-9-7-19/h10-11H,3-9H2,1-2H3,(H,15,16,17). The molecular weight excluding hydrogens is 270 g/mol. The van der Waals surface area contributed by atoms with Crippen molar-refractivity contribution in [2.75, 3.05) is 58.8 Å². The molecule has 0 unspecified atom stereocenters. The van der Waals surface area contributed by atoms with E-state index in [1.165, 1.54) is 6.33 Å². The highest BCUT2D eigenvalue weighted by Gasteiger charge is 2.19. The van der Waals surface area contributed by atoms with E-state index in [9.17, 15) is 4.79 Å². The van der Waals surface area contributed by atoms with Crippen molar-refractivity contribution in [3.8, 4) is 0 Å². The van der Waals surface area contributed by atoms with Crippen LogP contribution >= 0.6 is 0 Å². The highest BCUT2D eigenvalue weighted by Crippen LogP contribution is 2.08. The number of aromatic nitrogens is 2. The van der Waals surface area contributed by atoms with Gasteiger partial charge in [-0.05, 0) is 27.1 Å². The van der Waals surface area contributed by atoms with Crippen LogP contribution < -0.4 is 5.32 Å². The van der Waals surface area contributed by atoms with E-state index in [-0.39, 0.29) is 5.91 Å². The molecule has 0 bridgehead atoms. The molecule has 1 amide bonds. The summed E-state index contributed by atoms with van der Waals surface area (Å²) in [6, 6.07) is 1.72. The van der Waals surface area contributed by atoms with Crippen LogP contribution in [0.1, 0.15) is 16.9 Å². The average Bonchev–Trinajstić information content (AvgIpc) is 2.52. The highest BCUT2D eigenvalue weighted by atomic mass is 16.5. The summed E-state index contributed by atoms with van der Waals surface area (Å²) < 4.78 is 5.25. The van der Waals surface area contributed by atoms with E-state index < -0.39 is 0 Å². The van der Waals surface area contributed by atoms with E-state index in [4.69, 9.17) is 4.74 Å². The van der Waals surface area contributed by atoms with Crippen molar-refractivity contribution in [3.05, 3.63) is 18.1 Å². The molecule has 0 radical (unpaired) electrons. The Hall–Kier alpha value is -1.73. The molecule has 1 fully saturated rings.